The maximum Gasteiger partial charge on any atom is 0.166 e. The summed E-state index contributed by atoms with van der Waals surface area (Å²) in [6, 6.07) is 0.388. The Bertz CT molecular complexity index is 203. The molecule has 0 spiro atoms. The molecule has 3 nitrogen and oxygen atoms in total. The highest BCUT2D eigenvalue weighted by atomic mass is 32.1. The number of hydrogen-bond acceptors (Lipinski definition) is 2. The SMILES string of the molecule is CC(C)NC(=S)NCCOC1CCCCC1. The van der Waals surface area contributed by atoms with Gasteiger partial charge >= 0.3 is 0 Å². The largest absolute Gasteiger partial charge is 0.376 e. The van der Waals surface area contributed by atoms with Gasteiger partial charge in [0, 0.05) is 12.6 Å². The molecule has 0 amide bonds. The molecule has 1 aliphatic carbocycles. The topological polar surface area (TPSA) is 33.3 Å². The summed E-state index contributed by atoms with van der Waals surface area (Å²) in [5.74, 6) is 0. The summed E-state index contributed by atoms with van der Waals surface area (Å²) in [5.41, 5.74) is 0. The molecule has 0 heterocycles. The van der Waals surface area contributed by atoms with E-state index in [-0.39, 0.29) is 0 Å². The quantitative estimate of drug-likeness (QED) is 0.574. The van der Waals surface area contributed by atoms with Crippen LogP contribution in [0.4, 0.5) is 0 Å². The Hall–Kier alpha value is -0.350. The smallest absolute Gasteiger partial charge is 0.166 e. The lowest BCUT2D eigenvalue weighted by molar-refractivity contribution is 0.0318. The van der Waals surface area contributed by atoms with Crippen LogP contribution in [0.25, 0.3) is 0 Å². The highest BCUT2D eigenvalue weighted by molar-refractivity contribution is 7.80. The maximum absolute atomic E-state index is 5.79. The first-order chi connectivity index (χ1) is 7.68. The Labute approximate surface area is 104 Å². The molecule has 0 saturated heterocycles. The minimum atomic E-state index is 0.388. The van der Waals surface area contributed by atoms with Crippen molar-refractivity contribution in [3.8, 4) is 0 Å². The van der Waals surface area contributed by atoms with Crippen molar-refractivity contribution in [3.63, 3.8) is 0 Å². The zero-order valence-corrected chi connectivity index (χ0v) is 11.2. The van der Waals surface area contributed by atoms with Crippen molar-refractivity contribution in [1.29, 1.82) is 0 Å². The fourth-order valence-corrected chi connectivity index (χ4v) is 2.27. The molecule has 94 valence electrons. The highest BCUT2D eigenvalue weighted by Crippen LogP contribution is 2.19. The molecule has 0 radical (unpaired) electrons. The third kappa shape index (κ3) is 6.28. The molecule has 1 saturated carbocycles. The Kier molecular flexibility index (Phi) is 6.73. The van der Waals surface area contributed by atoms with E-state index in [0.29, 0.717) is 12.1 Å². The van der Waals surface area contributed by atoms with Gasteiger partial charge in [-0.05, 0) is 38.9 Å². The van der Waals surface area contributed by atoms with Crippen molar-refractivity contribution >= 4 is 17.3 Å². The van der Waals surface area contributed by atoms with Crippen LogP contribution in [0.3, 0.4) is 0 Å². The van der Waals surface area contributed by atoms with Crippen molar-refractivity contribution in [2.45, 2.75) is 58.1 Å². The van der Waals surface area contributed by atoms with E-state index in [1.54, 1.807) is 0 Å². The lowest BCUT2D eigenvalue weighted by atomic mass is 9.98. The van der Waals surface area contributed by atoms with Crippen LogP contribution in [0.2, 0.25) is 0 Å². The summed E-state index contributed by atoms with van der Waals surface area (Å²) >= 11 is 5.12. The summed E-state index contributed by atoms with van der Waals surface area (Å²) in [5, 5.41) is 7.02. The van der Waals surface area contributed by atoms with E-state index in [0.717, 1.165) is 18.3 Å². The normalized spacial score (nSPS) is 17.4. The lowest BCUT2D eigenvalue weighted by Gasteiger charge is -2.22. The number of thiocarbonyl (C=S) groups is 1. The third-order valence-corrected chi connectivity index (χ3v) is 2.98. The van der Waals surface area contributed by atoms with Crippen molar-refractivity contribution in [2.75, 3.05) is 13.2 Å². The molecule has 1 rings (SSSR count). The summed E-state index contributed by atoms with van der Waals surface area (Å²) < 4.78 is 5.79. The maximum atomic E-state index is 5.79. The minimum Gasteiger partial charge on any atom is -0.376 e. The predicted molar refractivity (Wildman–Crippen MR) is 71.7 cm³/mol. The number of nitrogens with one attached hydrogen (secondary N) is 2. The molecule has 1 fully saturated rings. The second kappa shape index (κ2) is 7.85. The second-order valence-electron chi connectivity index (χ2n) is 4.69. The molecule has 2 N–H and O–H groups in total. The fourth-order valence-electron chi connectivity index (χ4n) is 1.94. The summed E-state index contributed by atoms with van der Waals surface area (Å²) in [7, 11) is 0. The summed E-state index contributed by atoms with van der Waals surface area (Å²) in [6.45, 7) is 5.71. The number of ether oxygens (including phenoxy) is 1. The third-order valence-electron chi connectivity index (χ3n) is 2.71. The fraction of sp³-hybridized carbons (Fsp3) is 0.917. The van der Waals surface area contributed by atoms with Gasteiger partial charge in [0.05, 0.1) is 12.7 Å². The molecule has 4 heteroatoms. The van der Waals surface area contributed by atoms with Gasteiger partial charge in [-0.25, -0.2) is 0 Å². The van der Waals surface area contributed by atoms with Crippen molar-refractivity contribution in [2.24, 2.45) is 0 Å². The molecule has 1 aliphatic rings. The van der Waals surface area contributed by atoms with Gasteiger partial charge in [0.25, 0.3) is 0 Å². The van der Waals surface area contributed by atoms with Crippen LogP contribution in [-0.2, 0) is 4.74 Å². The van der Waals surface area contributed by atoms with E-state index in [4.69, 9.17) is 17.0 Å². The standard InChI is InChI=1S/C12H24N2OS/c1-10(2)14-12(16)13-8-9-15-11-6-4-3-5-7-11/h10-11H,3-9H2,1-2H3,(H2,13,14,16). The molecule has 0 aliphatic heterocycles. The van der Waals surface area contributed by atoms with Crippen molar-refractivity contribution in [3.05, 3.63) is 0 Å². The first-order valence-corrected chi connectivity index (χ1v) is 6.75. The van der Waals surface area contributed by atoms with E-state index < -0.39 is 0 Å². The van der Waals surface area contributed by atoms with Crippen LogP contribution < -0.4 is 10.6 Å². The average Bonchev–Trinajstić information content (AvgIpc) is 2.25. The van der Waals surface area contributed by atoms with Crippen LogP contribution in [0.5, 0.6) is 0 Å². The van der Waals surface area contributed by atoms with Gasteiger partial charge in [-0.3, -0.25) is 0 Å². The van der Waals surface area contributed by atoms with Gasteiger partial charge in [0.2, 0.25) is 0 Å². The number of hydrogen-bond donors (Lipinski definition) is 2. The molecule has 0 unspecified atom stereocenters. The molecular formula is C12H24N2OS. The Morgan fingerprint density at radius 2 is 2.00 bits per heavy atom. The lowest BCUT2D eigenvalue weighted by Crippen LogP contribution is -2.40. The van der Waals surface area contributed by atoms with Gasteiger partial charge in [-0.15, -0.1) is 0 Å². The van der Waals surface area contributed by atoms with Crippen LogP contribution in [0.1, 0.15) is 46.0 Å². The van der Waals surface area contributed by atoms with Gasteiger partial charge in [0.1, 0.15) is 0 Å². The molecule has 0 aromatic heterocycles. The molecule has 0 bridgehead atoms. The second-order valence-corrected chi connectivity index (χ2v) is 5.09. The van der Waals surface area contributed by atoms with Gasteiger partial charge in [-0.2, -0.15) is 0 Å². The number of rotatable bonds is 5. The molecule has 0 aromatic rings. The van der Waals surface area contributed by atoms with E-state index in [2.05, 4.69) is 24.5 Å². The molecular weight excluding hydrogens is 220 g/mol. The monoisotopic (exact) mass is 244 g/mol. The zero-order valence-electron chi connectivity index (χ0n) is 10.4. The van der Waals surface area contributed by atoms with E-state index in [1.165, 1.54) is 32.1 Å². The van der Waals surface area contributed by atoms with Gasteiger partial charge in [-0.1, -0.05) is 19.3 Å². The van der Waals surface area contributed by atoms with Gasteiger partial charge < -0.3 is 15.4 Å². The van der Waals surface area contributed by atoms with E-state index in [1.807, 2.05) is 0 Å². The van der Waals surface area contributed by atoms with Crippen molar-refractivity contribution in [1.82, 2.24) is 10.6 Å². The minimum absolute atomic E-state index is 0.388. The summed E-state index contributed by atoms with van der Waals surface area (Å²) in [6.07, 6.45) is 6.97. The van der Waals surface area contributed by atoms with Crippen LogP contribution in [-0.4, -0.2) is 30.4 Å². The van der Waals surface area contributed by atoms with E-state index in [9.17, 15) is 0 Å². The van der Waals surface area contributed by atoms with Crippen LogP contribution in [0.15, 0.2) is 0 Å². The molecule has 0 atom stereocenters. The van der Waals surface area contributed by atoms with Crippen LogP contribution >= 0.6 is 12.2 Å². The first-order valence-electron chi connectivity index (χ1n) is 6.34. The van der Waals surface area contributed by atoms with Crippen LogP contribution in [0, 0.1) is 0 Å². The average molecular weight is 244 g/mol. The van der Waals surface area contributed by atoms with E-state index >= 15 is 0 Å². The Morgan fingerprint density at radius 3 is 2.62 bits per heavy atom. The van der Waals surface area contributed by atoms with Crippen molar-refractivity contribution < 1.29 is 4.74 Å². The predicted octanol–water partition coefficient (Wildman–Crippen LogP) is 2.21. The highest BCUT2D eigenvalue weighted by Gasteiger charge is 2.12. The molecule has 16 heavy (non-hydrogen) atoms. The first kappa shape index (κ1) is 13.7. The Morgan fingerprint density at radius 1 is 1.31 bits per heavy atom. The summed E-state index contributed by atoms with van der Waals surface area (Å²) in [4.78, 5) is 0. The zero-order chi connectivity index (χ0) is 11.8. The Balaban J connectivity index is 1.96. The van der Waals surface area contributed by atoms with Gasteiger partial charge in [0.15, 0.2) is 5.11 Å². The molecule has 0 aromatic carbocycles.